The van der Waals surface area contributed by atoms with Gasteiger partial charge in [-0.25, -0.2) is 4.57 Å². The van der Waals surface area contributed by atoms with Crippen LogP contribution in [0.3, 0.4) is 0 Å². The van der Waals surface area contributed by atoms with Gasteiger partial charge in [0.25, 0.3) is 0 Å². The molecule has 0 aliphatic heterocycles. The molecule has 1 unspecified atom stereocenters. The van der Waals surface area contributed by atoms with Crippen LogP contribution >= 0.6 is 7.82 Å². The zero-order valence-electron chi connectivity index (χ0n) is 42.0. The van der Waals surface area contributed by atoms with Gasteiger partial charge in [-0.1, -0.05) is 197 Å². The zero-order valence-corrected chi connectivity index (χ0v) is 42.9. The Balaban J connectivity index is 4.31. The smallest absolute Gasteiger partial charge is 0.462 e. The third-order valence-corrected chi connectivity index (χ3v) is 12.0. The number of carbonyl (C=O) groups is 2. The van der Waals surface area contributed by atoms with E-state index in [0.29, 0.717) is 30.3 Å². The summed E-state index contributed by atoms with van der Waals surface area (Å²) in [7, 11) is 1.43. The lowest BCUT2D eigenvalue weighted by atomic mass is 10.0. The highest BCUT2D eigenvalue weighted by molar-refractivity contribution is 7.47. The minimum atomic E-state index is -4.40. The summed E-state index contributed by atoms with van der Waals surface area (Å²) in [5, 5.41) is 0. The zero-order chi connectivity index (χ0) is 47.1. The van der Waals surface area contributed by atoms with Gasteiger partial charge < -0.3 is 18.9 Å². The quantitative estimate of drug-likeness (QED) is 0.0211. The Bertz CT molecular complexity index is 1270. The summed E-state index contributed by atoms with van der Waals surface area (Å²) in [6.07, 6.45) is 57.3. The third-order valence-electron chi connectivity index (χ3n) is 11.0. The number of ether oxygens (including phenoxy) is 2. The summed E-state index contributed by atoms with van der Waals surface area (Å²) in [6.45, 7) is 4.32. The second-order valence-corrected chi connectivity index (χ2v) is 20.0. The predicted molar refractivity (Wildman–Crippen MR) is 270 cm³/mol. The van der Waals surface area contributed by atoms with Gasteiger partial charge in [0, 0.05) is 12.8 Å². The van der Waals surface area contributed by atoms with E-state index in [-0.39, 0.29) is 26.1 Å². The molecule has 0 aliphatic rings. The molecule has 0 rings (SSSR count). The van der Waals surface area contributed by atoms with Crippen molar-refractivity contribution in [1.29, 1.82) is 0 Å². The van der Waals surface area contributed by atoms with Crippen molar-refractivity contribution in [1.82, 2.24) is 0 Å². The highest BCUT2D eigenvalue weighted by atomic mass is 31.2. The molecule has 0 heterocycles. The van der Waals surface area contributed by atoms with E-state index in [2.05, 4.69) is 68.5 Å². The first-order valence-corrected chi connectivity index (χ1v) is 27.5. The Morgan fingerprint density at radius 2 is 0.844 bits per heavy atom. The fraction of sp³-hybridized carbons (Fsp3) is 0.778. The first-order chi connectivity index (χ1) is 31.0. The fourth-order valence-corrected chi connectivity index (χ4v) is 7.69. The number of allylic oxidation sites excluding steroid dienone is 10. The van der Waals surface area contributed by atoms with Crippen LogP contribution in [-0.2, 0) is 32.7 Å². The van der Waals surface area contributed by atoms with Crippen molar-refractivity contribution in [3.63, 3.8) is 0 Å². The average molecular weight is 921 g/mol. The Labute approximate surface area is 394 Å². The van der Waals surface area contributed by atoms with Crippen LogP contribution in [0.4, 0.5) is 0 Å². The highest BCUT2D eigenvalue weighted by Gasteiger charge is 2.27. The lowest BCUT2D eigenvalue weighted by Crippen LogP contribution is -2.37. The number of carbonyl (C=O) groups excluding carboxylic acids is 2. The SMILES string of the molecule is CCCCC/C=C/C/C=C/C/C=C/C/C=C/CCCC(=O)O[C@@H](COC(=O)CCC/C=C/CCCCCCCCCCCCCCCCCCCC)COP(=O)(O)OCC[N+](C)(C)C. The molecular weight excluding hydrogens is 822 g/mol. The monoisotopic (exact) mass is 921 g/mol. The Hall–Kier alpha value is -2.29. The van der Waals surface area contributed by atoms with Crippen LogP contribution in [-0.4, -0.2) is 74.9 Å². The molecule has 0 radical (unpaired) electrons. The number of hydrogen-bond acceptors (Lipinski definition) is 7. The molecule has 0 bridgehead atoms. The highest BCUT2D eigenvalue weighted by Crippen LogP contribution is 2.43. The molecule has 372 valence electrons. The van der Waals surface area contributed by atoms with E-state index in [9.17, 15) is 19.0 Å². The number of unbranched alkanes of at least 4 members (excludes halogenated alkanes) is 23. The number of likely N-dealkylation sites (N-methyl/N-ethyl adjacent to an activating group) is 1. The van der Waals surface area contributed by atoms with Gasteiger partial charge in [0.2, 0.25) is 0 Å². The maximum absolute atomic E-state index is 12.7. The van der Waals surface area contributed by atoms with Crippen molar-refractivity contribution in [3.8, 4) is 0 Å². The van der Waals surface area contributed by atoms with E-state index < -0.39 is 32.5 Å². The summed E-state index contributed by atoms with van der Waals surface area (Å²) in [4.78, 5) is 35.5. The van der Waals surface area contributed by atoms with Gasteiger partial charge in [-0.15, -0.1) is 0 Å². The summed E-state index contributed by atoms with van der Waals surface area (Å²) in [5.74, 6) is -0.899. The number of phosphoric acid groups is 1. The molecule has 0 aromatic carbocycles. The van der Waals surface area contributed by atoms with Crippen molar-refractivity contribution in [2.24, 2.45) is 0 Å². The number of hydrogen-bond donors (Lipinski definition) is 1. The third kappa shape index (κ3) is 49.2. The molecule has 0 saturated carbocycles. The molecular formula is C54H99NO8P+. The number of phosphoric ester groups is 1. The Morgan fingerprint density at radius 3 is 1.30 bits per heavy atom. The summed E-state index contributed by atoms with van der Waals surface area (Å²) < 4.78 is 34.3. The summed E-state index contributed by atoms with van der Waals surface area (Å²) in [6, 6.07) is 0. The Kier molecular flexibility index (Phi) is 44.2. The van der Waals surface area contributed by atoms with E-state index in [1.807, 2.05) is 27.2 Å². The van der Waals surface area contributed by atoms with Crippen molar-refractivity contribution in [2.75, 3.05) is 47.5 Å². The molecule has 0 saturated heterocycles. The number of esters is 2. The molecule has 9 nitrogen and oxygen atoms in total. The lowest BCUT2D eigenvalue weighted by molar-refractivity contribution is -0.870. The lowest BCUT2D eigenvalue weighted by Gasteiger charge is -2.24. The van der Waals surface area contributed by atoms with Crippen LogP contribution in [0.1, 0.15) is 219 Å². The summed E-state index contributed by atoms with van der Waals surface area (Å²) in [5.41, 5.74) is 0. The van der Waals surface area contributed by atoms with Crippen LogP contribution in [0.25, 0.3) is 0 Å². The van der Waals surface area contributed by atoms with Gasteiger partial charge in [0.15, 0.2) is 6.10 Å². The van der Waals surface area contributed by atoms with E-state index in [4.69, 9.17) is 18.5 Å². The standard InChI is InChI=1S/C54H98NO8P/c1-6-8-10-12-14-16-18-20-22-24-25-26-27-28-29-31-32-34-36-38-40-42-44-46-53(56)60-50-52(51-62-64(58,59)61-49-48-55(3,4)5)63-54(57)47-45-43-41-39-37-35-33-30-23-21-19-17-15-13-11-9-7-2/h15,17,21,23,33,35,38-41,52H,6-14,16,18-20,22,24-32,34,36-37,42-51H2,1-5H3/p+1/b17-15+,23-21+,35-33+,40-38+,41-39+/t52-/m0/s1. The van der Waals surface area contributed by atoms with Gasteiger partial charge in [0.1, 0.15) is 19.8 Å². The minimum Gasteiger partial charge on any atom is -0.462 e. The molecule has 10 heteroatoms. The first kappa shape index (κ1) is 61.7. The van der Waals surface area contributed by atoms with Crippen LogP contribution in [0.2, 0.25) is 0 Å². The second-order valence-electron chi connectivity index (χ2n) is 18.5. The molecule has 0 spiro atoms. The predicted octanol–water partition coefficient (Wildman–Crippen LogP) is 15.6. The van der Waals surface area contributed by atoms with Crippen LogP contribution in [0.15, 0.2) is 60.8 Å². The van der Waals surface area contributed by atoms with E-state index in [0.717, 1.165) is 32.1 Å². The largest absolute Gasteiger partial charge is 0.472 e. The Morgan fingerprint density at radius 1 is 0.484 bits per heavy atom. The van der Waals surface area contributed by atoms with E-state index in [1.165, 1.54) is 141 Å². The molecule has 0 aromatic heterocycles. The maximum Gasteiger partial charge on any atom is 0.472 e. The second kappa shape index (κ2) is 45.8. The van der Waals surface area contributed by atoms with Gasteiger partial charge in [0.05, 0.1) is 27.7 Å². The van der Waals surface area contributed by atoms with E-state index >= 15 is 0 Å². The number of nitrogens with zero attached hydrogens (tertiary/aromatic N) is 1. The molecule has 0 fully saturated rings. The molecule has 64 heavy (non-hydrogen) atoms. The number of quaternary nitrogens is 1. The normalized spacial score (nSPS) is 13.9. The van der Waals surface area contributed by atoms with Crippen LogP contribution in [0, 0.1) is 0 Å². The van der Waals surface area contributed by atoms with E-state index in [1.54, 1.807) is 0 Å². The van der Waals surface area contributed by atoms with Gasteiger partial charge in [-0.3, -0.25) is 18.6 Å². The van der Waals surface area contributed by atoms with Crippen molar-refractivity contribution in [2.45, 2.75) is 225 Å². The molecule has 0 aromatic rings. The van der Waals surface area contributed by atoms with Gasteiger partial charge in [-0.05, 0) is 70.6 Å². The molecule has 0 amide bonds. The molecule has 1 N–H and O–H groups in total. The topological polar surface area (TPSA) is 108 Å². The molecule has 2 atom stereocenters. The molecule has 0 aliphatic carbocycles. The van der Waals surface area contributed by atoms with Crippen molar-refractivity contribution >= 4 is 19.8 Å². The maximum atomic E-state index is 12.7. The van der Waals surface area contributed by atoms with Crippen molar-refractivity contribution in [3.05, 3.63) is 60.8 Å². The minimum absolute atomic E-state index is 0.0161. The first-order valence-electron chi connectivity index (χ1n) is 26.0. The summed E-state index contributed by atoms with van der Waals surface area (Å²) >= 11 is 0. The van der Waals surface area contributed by atoms with Gasteiger partial charge in [-0.2, -0.15) is 0 Å². The average Bonchev–Trinajstić information content (AvgIpc) is 3.25. The van der Waals surface area contributed by atoms with Crippen molar-refractivity contribution < 1.29 is 42.1 Å². The number of rotatable bonds is 47. The van der Waals surface area contributed by atoms with Crippen LogP contribution < -0.4 is 0 Å². The fourth-order valence-electron chi connectivity index (χ4n) is 6.95. The van der Waals surface area contributed by atoms with Gasteiger partial charge >= 0.3 is 19.8 Å². The van der Waals surface area contributed by atoms with Crippen LogP contribution in [0.5, 0.6) is 0 Å².